The van der Waals surface area contributed by atoms with E-state index in [4.69, 9.17) is 17.0 Å². The van der Waals surface area contributed by atoms with Crippen LogP contribution in [0.1, 0.15) is 35.2 Å². The molecule has 27 heavy (non-hydrogen) atoms. The van der Waals surface area contributed by atoms with Gasteiger partial charge in [-0.15, -0.1) is 0 Å². The van der Waals surface area contributed by atoms with Gasteiger partial charge >= 0.3 is 0 Å². The molecule has 0 aliphatic carbocycles. The molecule has 142 valence electrons. The number of benzene rings is 2. The number of thiocarbonyl (C=S) groups is 1. The van der Waals surface area contributed by atoms with Crippen LogP contribution in [-0.4, -0.2) is 31.2 Å². The van der Waals surface area contributed by atoms with Gasteiger partial charge in [-0.2, -0.15) is 0 Å². The van der Waals surface area contributed by atoms with Crippen LogP contribution < -0.4 is 20.3 Å². The highest BCUT2D eigenvalue weighted by Gasteiger charge is 2.15. The number of anilines is 2. The van der Waals surface area contributed by atoms with Gasteiger partial charge in [0.1, 0.15) is 5.75 Å². The number of hydrogen-bond donors (Lipinski definition) is 2. The fourth-order valence-corrected chi connectivity index (χ4v) is 3.55. The summed E-state index contributed by atoms with van der Waals surface area (Å²) in [5.74, 6) is 0.265. The van der Waals surface area contributed by atoms with Gasteiger partial charge in [-0.3, -0.25) is 10.1 Å². The number of aryl methyl sites for hydroxylation is 1. The van der Waals surface area contributed by atoms with Crippen molar-refractivity contribution in [1.29, 1.82) is 0 Å². The van der Waals surface area contributed by atoms with Gasteiger partial charge in [0.15, 0.2) is 5.11 Å². The molecule has 1 amide bonds. The smallest absolute Gasteiger partial charge is 0.261 e. The Morgan fingerprint density at radius 3 is 2.44 bits per heavy atom. The molecule has 0 aromatic heterocycles. The Balaban J connectivity index is 1.60. The Kier molecular flexibility index (Phi) is 6.29. The lowest BCUT2D eigenvalue weighted by molar-refractivity contribution is 0.0974. The summed E-state index contributed by atoms with van der Waals surface area (Å²) in [5, 5.41) is 6.04. The van der Waals surface area contributed by atoms with E-state index in [1.165, 1.54) is 24.9 Å². The zero-order valence-corrected chi connectivity index (χ0v) is 16.6. The molecule has 1 heterocycles. The van der Waals surface area contributed by atoms with Crippen LogP contribution in [0.5, 0.6) is 5.75 Å². The van der Waals surface area contributed by atoms with Gasteiger partial charge in [0.25, 0.3) is 5.91 Å². The van der Waals surface area contributed by atoms with Crippen molar-refractivity contribution in [3.63, 3.8) is 0 Å². The highest BCUT2D eigenvalue weighted by Crippen LogP contribution is 2.23. The van der Waals surface area contributed by atoms with Crippen molar-refractivity contribution < 1.29 is 9.53 Å². The zero-order chi connectivity index (χ0) is 19.2. The second kappa shape index (κ2) is 8.86. The Morgan fingerprint density at radius 2 is 1.78 bits per heavy atom. The van der Waals surface area contributed by atoms with Crippen molar-refractivity contribution in [2.75, 3.05) is 30.4 Å². The molecule has 2 aromatic carbocycles. The molecule has 0 radical (unpaired) electrons. The number of para-hydroxylation sites is 1. The van der Waals surface area contributed by atoms with Crippen molar-refractivity contribution in [1.82, 2.24) is 5.32 Å². The molecule has 6 heteroatoms. The van der Waals surface area contributed by atoms with Gasteiger partial charge < -0.3 is 15.0 Å². The minimum atomic E-state index is -0.294. The number of ether oxygens (including phenoxy) is 1. The third kappa shape index (κ3) is 4.77. The SMILES string of the molecule is COc1c(C)cccc1C(=O)NC(=S)Nc1ccc(N2CCCCC2)cc1. The topological polar surface area (TPSA) is 53.6 Å². The standard InChI is InChI=1S/C21H25N3O2S/c1-15-7-6-8-18(19(15)26-2)20(25)23-21(27)22-16-9-11-17(12-10-16)24-13-4-3-5-14-24/h6-12H,3-5,13-14H2,1-2H3,(H2,22,23,25,27). The number of methoxy groups -OCH3 is 1. The van der Waals surface area contributed by atoms with Crippen LogP contribution >= 0.6 is 12.2 Å². The van der Waals surface area contributed by atoms with Crippen LogP contribution in [0, 0.1) is 6.92 Å². The molecule has 5 nitrogen and oxygen atoms in total. The maximum atomic E-state index is 12.5. The monoisotopic (exact) mass is 383 g/mol. The van der Waals surface area contributed by atoms with Gasteiger partial charge in [0.05, 0.1) is 12.7 Å². The average molecular weight is 384 g/mol. The predicted molar refractivity (Wildman–Crippen MR) is 114 cm³/mol. The summed E-state index contributed by atoms with van der Waals surface area (Å²) in [5.41, 5.74) is 3.43. The van der Waals surface area contributed by atoms with Crippen molar-refractivity contribution in [3.8, 4) is 5.75 Å². The van der Waals surface area contributed by atoms with E-state index in [0.717, 1.165) is 24.3 Å². The molecule has 0 saturated carbocycles. The molecule has 3 rings (SSSR count). The van der Waals surface area contributed by atoms with Crippen molar-refractivity contribution in [3.05, 3.63) is 53.6 Å². The number of hydrogen-bond acceptors (Lipinski definition) is 4. The first-order valence-electron chi connectivity index (χ1n) is 9.19. The van der Waals surface area contributed by atoms with E-state index >= 15 is 0 Å². The van der Waals surface area contributed by atoms with E-state index in [0.29, 0.717) is 11.3 Å². The lowest BCUT2D eigenvalue weighted by Gasteiger charge is -2.28. The first-order chi connectivity index (χ1) is 13.1. The first-order valence-corrected chi connectivity index (χ1v) is 9.60. The van der Waals surface area contributed by atoms with Gasteiger partial charge in [-0.1, -0.05) is 12.1 Å². The Morgan fingerprint density at radius 1 is 1.07 bits per heavy atom. The molecule has 0 unspecified atom stereocenters. The third-order valence-corrected chi connectivity index (χ3v) is 4.94. The minimum absolute atomic E-state index is 0.259. The van der Waals surface area contributed by atoms with E-state index < -0.39 is 0 Å². The second-order valence-electron chi connectivity index (χ2n) is 6.66. The van der Waals surface area contributed by atoms with Gasteiger partial charge in [-0.05, 0) is 74.3 Å². The molecular weight excluding hydrogens is 358 g/mol. The van der Waals surface area contributed by atoms with Crippen LogP contribution in [0.25, 0.3) is 0 Å². The third-order valence-electron chi connectivity index (χ3n) is 4.73. The normalized spacial score (nSPS) is 13.8. The average Bonchev–Trinajstić information content (AvgIpc) is 2.69. The molecule has 0 atom stereocenters. The lowest BCUT2D eigenvalue weighted by atomic mass is 10.1. The molecule has 1 aliphatic heterocycles. The van der Waals surface area contributed by atoms with Crippen molar-refractivity contribution >= 4 is 34.6 Å². The summed E-state index contributed by atoms with van der Waals surface area (Å²) in [6.07, 6.45) is 3.81. The quantitative estimate of drug-likeness (QED) is 0.778. The van der Waals surface area contributed by atoms with Gasteiger partial charge in [-0.25, -0.2) is 0 Å². The Hall–Kier alpha value is -2.60. The van der Waals surface area contributed by atoms with E-state index in [-0.39, 0.29) is 11.0 Å². The summed E-state index contributed by atoms with van der Waals surface area (Å²) in [7, 11) is 1.56. The largest absolute Gasteiger partial charge is 0.496 e. The maximum absolute atomic E-state index is 12.5. The first kappa shape index (κ1) is 19.2. The van der Waals surface area contributed by atoms with Crippen molar-refractivity contribution in [2.45, 2.75) is 26.2 Å². The predicted octanol–water partition coefficient (Wildman–Crippen LogP) is 4.12. The number of nitrogens with one attached hydrogen (secondary N) is 2. The summed E-state index contributed by atoms with van der Waals surface area (Å²) in [4.78, 5) is 14.9. The van der Waals surface area contributed by atoms with Crippen LogP contribution in [0.4, 0.5) is 11.4 Å². The van der Waals surface area contributed by atoms with Gasteiger partial charge in [0, 0.05) is 24.5 Å². The van der Waals surface area contributed by atoms with Gasteiger partial charge in [0.2, 0.25) is 0 Å². The molecular formula is C21H25N3O2S. The number of nitrogens with zero attached hydrogens (tertiary/aromatic N) is 1. The molecule has 2 aromatic rings. The van der Waals surface area contributed by atoms with E-state index in [9.17, 15) is 4.79 Å². The van der Waals surface area contributed by atoms with E-state index in [1.807, 2.05) is 31.2 Å². The molecule has 0 bridgehead atoms. The van der Waals surface area contributed by atoms with Crippen LogP contribution in [0.3, 0.4) is 0 Å². The van der Waals surface area contributed by atoms with Crippen molar-refractivity contribution in [2.24, 2.45) is 0 Å². The molecule has 0 spiro atoms. The Labute approximate surface area is 165 Å². The van der Waals surface area contributed by atoms with E-state index in [1.54, 1.807) is 13.2 Å². The molecule has 2 N–H and O–H groups in total. The number of rotatable bonds is 4. The highest BCUT2D eigenvalue weighted by atomic mass is 32.1. The maximum Gasteiger partial charge on any atom is 0.261 e. The van der Waals surface area contributed by atoms with Crippen LogP contribution in [-0.2, 0) is 0 Å². The summed E-state index contributed by atoms with van der Waals surface area (Å²) in [6.45, 7) is 4.12. The van der Waals surface area contributed by atoms with Crippen LogP contribution in [0.2, 0.25) is 0 Å². The van der Waals surface area contributed by atoms with Crippen LogP contribution in [0.15, 0.2) is 42.5 Å². The summed E-state index contributed by atoms with van der Waals surface area (Å²) < 4.78 is 5.34. The fraction of sp³-hybridized carbons (Fsp3) is 0.333. The Bertz CT molecular complexity index is 815. The second-order valence-corrected chi connectivity index (χ2v) is 7.07. The zero-order valence-electron chi connectivity index (χ0n) is 15.7. The number of carbonyl (C=O) groups is 1. The van der Waals surface area contributed by atoms with E-state index in [2.05, 4.69) is 27.7 Å². The summed E-state index contributed by atoms with van der Waals surface area (Å²) in [6, 6.07) is 13.6. The lowest BCUT2D eigenvalue weighted by Crippen LogP contribution is -2.34. The number of piperidine rings is 1. The minimum Gasteiger partial charge on any atom is -0.496 e. The number of carbonyl (C=O) groups excluding carboxylic acids is 1. The number of amides is 1. The molecule has 1 saturated heterocycles. The fourth-order valence-electron chi connectivity index (χ4n) is 3.34. The molecule has 1 fully saturated rings. The highest BCUT2D eigenvalue weighted by molar-refractivity contribution is 7.80. The molecule has 1 aliphatic rings. The summed E-state index contributed by atoms with van der Waals surface area (Å²) >= 11 is 5.29.